The highest BCUT2D eigenvalue weighted by atomic mass is 16.1. The molecule has 0 spiro atoms. The van der Waals surface area contributed by atoms with E-state index in [0.29, 0.717) is 12.1 Å². The van der Waals surface area contributed by atoms with Crippen molar-refractivity contribution in [1.82, 2.24) is 9.55 Å². The van der Waals surface area contributed by atoms with Gasteiger partial charge in [-0.1, -0.05) is 24.3 Å². The molecule has 0 bridgehead atoms. The third-order valence-corrected chi connectivity index (χ3v) is 2.91. The Labute approximate surface area is 105 Å². The minimum Gasteiger partial charge on any atom is -0.348 e. The molecule has 0 aliphatic rings. The Morgan fingerprint density at radius 2 is 2.00 bits per heavy atom. The third-order valence-electron chi connectivity index (χ3n) is 2.91. The second-order valence-electron chi connectivity index (χ2n) is 4.23. The zero-order chi connectivity index (χ0) is 12.4. The van der Waals surface area contributed by atoms with E-state index < -0.39 is 0 Å². The van der Waals surface area contributed by atoms with Gasteiger partial charge in [0.25, 0.3) is 0 Å². The van der Waals surface area contributed by atoms with Crippen LogP contribution in [0.25, 0.3) is 10.9 Å². The van der Waals surface area contributed by atoms with Crippen LogP contribution in [0.2, 0.25) is 0 Å². The number of fused-ring (bicyclic) bond motifs is 1. The second-order valence-corrected chi connectivity index (χ2v) is 4.23. The van der Waals surface area contributed by atoms with Crippen molar-refractivity contribution < 1.29 is 4.79 Å². The predicted octanol–water partition coefficient (Wildman–Crippen LogP) is 2.90. The summed E-state index contributed by atoms with van der Waals surface area (Å²) >= 11 is 0. The molecule has 3 rings (SSSR count). The summed E-state index contributed by atoms with van der Waals surface area (Å²) in [5, 5.41) is 1.14. The molecule has 0 unspecified atom stereocenters. The van der Waals surface area contributed by atoms with Gasteiger partial charge in [-0.2, -0.15) is 0 Å². The van der Waals surface area contributed by atoms with Gasteiger partial charge in [-0.25, -0.2) is 0 Å². The fourth-order valence-electron chi connectivity index (χ4n) is 2.01. The molecule has 0 radical (unpaired) electrons. The second kappa shape index (κ2) is 4.45. The van der Waals surface area contributed by atoms with Gasteiger partial charge in [-0.15, -0.1) is 0 Å². The summed E-state index contributed by atoms with van der Waals surface area (Å²) in [6.45, 7) is 0.679. The van der Waals surface area contributed by atoms with Gasteiger partial charge >= 0.3 is 0 Å². The molecule has 3 nitrogen and oxygen atoms in total. The SMILES string of the molecule is O=Cc1ccn(Cc2ccc3ccccc3n2)c1. The third kappa shape index (κ3) is 2.02. The Hall–Kier alpha value is -2.42. The first-order valence-electron chi connectivity index (χ1n) is 5.81. The topological polar surface area (TPSA) is 34.9 Å². The lowest BCUT2D eigenvalue weighted by Crippen LogP contribution is -1.99. The number of hydrogen-bond acceptors (Lipinski definition) is 2. The first-order chi connectivity index (χ1) is 8.85. The molecular weight excluding hydrogens is 224 g/mol. The number of aldehydes is 1. The summed E-state index contributed by atoms with van der Waals surface area (Å²) in [6, 6.07) is 13.9. The van der Waals surface area contributed by atoms with Crippen molar-refractivity contribution in [2.45, 2.75) is 6.54 Å². The van der Waals surface area contributed by atoms with Crippen molar-refractivity contribution in [1.29, 1.82) is 0 Å². The highest BCUT2D eigenvalue weighted by Crippen LogP contribution is 2.12. The molecule has 0 N–H and O–H groups in total. The molecule has 0 aliphatic heterocycles. The van der Waals surface area contributed by atoms with E-state index in [-0.39, 0.29) is 0 Å². The van der Waals surface area contributed by atoms with Crippen molar-refractivity contribution in [2.75, 3.05) is 0 Å². The van der Waals surface area contributed by atoms with Crippen LogP contribution in [0.15, 0.2) is 54.9 Å². The Bertz CT molecular complexity index is 700. The van der Waals surface area contributed by atoms with Crippen LogP contribution in [0.5, 0.6) is 0 Å². The number of para-hydroxylation sites is 1. The van der Waals surface area contributed by atoms with E-state index in [1.807, 2.05) is 47.3 Å². The number of rotatable bonds is 3. The van der Waals surface area contributed by atoms with Gasteiger partial charge in [0.1, 0.15) is 0 Å². The molecule has 18 heavy (non-hydrogen) atoms. The lowest BCUT2D eigenvalue weighted by atomic mass is 10.2. The average Bonchev–Trinajstić information content (AvgIpc) is 2.86. The number of hydrogen-bond donors (Lipinski definition) is 0. The Morgan fingerprint density at radius 3 is 2.83 bits per heavy atom. The van der Waals surface area contributed by atoms with E-state index >= 15 is 0 Å². The van der Waals surface area contributed by atoms with Gasteiger partial charge in [0.2, 0.25) is 0 Å². The smallest absolute Gasteiger partial charge is 0.151 e. The molecule has 2 heterocycles. The van der Waals surface area contributed by atoms with Crippen molar-refractivity contribution in [3.8, 4) is 0 Å². The van der Waals surface area contributed by atoms with Crippen molar-refractivity contribution in [3.05, 3.63) is 66.1 Å². The molecule has 2 aromatic heterocycles. The van der Waals surface area contributed by atoms with Gasteiger partial charge in [0.15, 0.2) is 6.29 Å². The zero-order valence-electron chi connectivity index (χ0n) is 9.78. The van der Waals surface area contributed by atoms with Crippen LogP contribution >= 0.6 is 0 Å². The van der Waals surface area contributed by atoms with Gasteiger partial charge in [0.05, 0.1) is 17.8 Å². The van der Waals surface area contributed by atoms with Crippen LogP contribution in [0.3, 0.4) is 0 Å². The predicted molar refractivity (Wildman–Crippen MR) is 70.7 cm³/mol. The minimum absolute atomic E-state index is 0.679. The molecule has 0 fully saturated rings. The molecule has 3 aromatic rings. The molecule has 0 atom stereocenters. The van der Waals surface area contributed by atoms with Crippen molar-refractivity contribution >= 4 is 17.2 Å². The fourth-order valence-corrected chi connectivity index (χ4v) is 2.01. The normalized spacial score (nSPS) is 10.7. The van der Waals surface area contributed by atoms with Gasteiger partial charge in [-0.3, -0.25) is 9.78 Å². The maximum absolute atomic E-state index is 10.6. The lowest BCUT2D eigenvalue weighted by molar-refractivity contribution is 0.112. The quantitative estimate of drug-likeness (QED) is 0.655. The van der Waals surface area contributed by atoms with E-state index in [0.717, 1.165) is 22.9 Å². The number of carbonyl (C=O) groups excluding carboxylic acids is 1. The molecule has 0 amide bonds. The number of aromatic nitrogens is 2. The minimum atomic E-state index is 0.679. The largest absolute Gasteiger partial charge is 0.348 e. The molecule has 0 saturated carbocycles. The highest BCUT2D eigenvalue weighted by molar-refractivity contribution is 5.78. The lowest BCUT2D eigenvalue weighted by Gasteiger charge is -2.04. The maximum atomic E-state index is 10.6. The van der Waals surface area contributed by atoms with Crippen molar-refractivity contribution in [3.63, 3.8) is 0 Å². The Balaban J connectivity index is 1.92. The van der Waals surface area contributed by atoms with Crippen LogP contribution in [0, 0.1) is 0 Å². The first-order valence-corrected chi connectivity index (χ1v) is 5.81. The standard InChI is InChI=1S/C15H12N2O/c18-11-12-7-8-17(9-12)10-14-6-5-13-3-1-2-4-15(13)16-14/h1-9,11H,10H2. The van der Waals surface area contributed by atoms with Crippen LogP contribution < -0.4 is 0 Å². The Morgan fingerprint density at radius 1 is 1.11 bits per heavy atom. The fraction of sp³-hybridized carbons (Fsp3) is 0.0667. The van der Waals surface area contributed by atoms with Gasteiger partial charge < -0.3 is 4.57 Å². The Kier molecular flexibility index (Phi) is 2.65. The average molecular weight is 236 g/mol. The van der Waals surface area contributed by atoms with E-state index in [9.17, 15) is 4.79 Å². The first kappa shape index (κ1) is 10.7. The van der Waals surface area contributed by atoms with Crippen LogP contribution in [-0.4, -0.2) is 15.8 Å². The van der Waals surface area contributed by atoms with Gasteiger partial charge in [0, 0.05) is 23.3 Å². The molecule has 88 valence electrons. The summed E-state index contributed by atoms with van der Waals surface area (Å²) in [7, 11) is 0. The van der Waals surface area contributed by atoms with E-state index in [1.165, 1.54) is 0 Å². The van der Waals surface area contributed by atoms with Crippen LogP contribution in [-0.2, 0) is 6.54 Å². The van der Waals surface area contributed by atoms with Crippen LogP contribution in [0.1, 0.15) is 16.1 Å². The van der Waals surface area contributed by atoms with Crippen molar-refractivity contribution in [2.24, 2.45) is 0 Å². The van der Waals surface area contributed by atoms with E-state index in [2.05, 4.69) is 11.1 Å². The zero-order valence-corrected chi connectivity index (χ0v) is 9.78. The summed E-state index contributed by atoms with van der Waals surface area (Å²) in [4.78, 5) is 15.2. The number of benzene rings is 1. The highest BCUT2D eigenvalue weighted by Gasteiger charge is 2.00. The molecule has 0 saturated heterocycles. The van der Waals surface area contributed by atoms with E-state index in [1.54, 1.807) is 6.07 Å². The maximum Gasteiger partial charge on any atom is 0.151 e. The summed E-state index contributed by atoms with van der Waals surface area (Å²) < 4.78 is 1.96. The summed E-state index contributed by atoms with van der Waals surface area (Å²) in [5.41, 5.74) is 2.68. The molecule has 0 aliphatic carbocycles. The van der Waals surface area contributed by atoms with Gasteiger partial charge in [-0.05, 0) is 18.2 Å². The van der Waals surface area contributed by atoms with E-state index in [4.69, 9.17) is 0 Å². The van der Waals surface area contributed by atoms with Crippen LogP contribution in [0.4, 0.5) is 0 Å². The number of pyridine rings is 1. The molecule has 1 aromatic carbocycles. The number of carbonyl (C=O) groups is 1. The summed E-state index contributed by atoms with van der Waals surface area (Å²) in [5.74, 6) is 0. The number of nitrogens with zero attached hydrogens (tertiary/aromatic N) is 2. The molecule has 3 heteroatoms. The molecular formula is C15H12N2O. The summed E-state index contributed by atoms with van der Waals surface area (Å²) in [6.07, 6.45) is 4.56. The monoisotopic (exact) mass is 236 g/mol.